The van der Waals surface area contributed by atoms with E-state index in [2.05, 4.69) is 20.6 Å². The standard InChI is InChI=1S/C16H15N5O4/c17-14(23)16(21-13(22)12-8-18-3-4-19-12)6-9-1-2-11(20-15(24)25)5-10(9)7-16/h1-5,8,20H,6-7H2,(H2,17,23)(H,21,22)(H,24,25). The molecule has 3 rings (SSSR count). The van der Waals surface area contributed by atoms with Gasteiger partial charge in [0.25, 0.3) is 5.91 Å². The smallest absolute Gasteiger partial charge is 0.409 e. The average Bonchev–Trinajstić information content (AvgIpc) is 2.94. The van der Waals surface area contributed by atoms with E-state index in [-0.39, 0.29) is 18.5 Å². The topological polar surface area (TPSA) is 147 Å². The second-order valence-corrected chi connectivity index (χ2v) is 5.76. The molecule has 2 aromatic rings. The van der Waals surface area contributed by atoms with Crippen molar-refractivity contribution in [2.75, 3.05) is 5.32 Å². The van der Waals surface area contributed by atoms with E-state index in [9.17, 15) is 14.4 Å². The minimum Gasteiger partial charge on any atom is -0.465 e. The van der Waals surface area contributed by atoms with Gasteiger partial charge in [-0.15, -0.1) is 0 Å². The molecule has 1 aromatic heterocycles. The third-order valence-corrected chi connectivity index (χ3v) is 4.06. The molecule has 0 fully saturated rings. The van der Waals surface area contributed by atoms with E-state index in [1.165, 1.54) is 18.6 Å². The van der Waals surface area contributed by atoms with Crippen molar-refractivity contribution >= 4 is 23.6 Å². The number of hydrogen-bond donors (Lipinski definition) is 4. The molecular formula is C16H15N5O4. The van der Waals surface area contributed by atoms with Crippen LogP contribution in [0.3, 0.4) is 0 Å². The number of rotatable bonds is 4. The third kappa shape index (κ3) is 3.25. The summed E-state index contributed by atoms with van der Waals surface area (Å²) >= 11 is 0. The first-order valence-electron chi connectivity index (χ1n) is 7.40. The van der Waals surface area contributed by atoms with Crippen LogP contribution in [0, 0.1) is 0 Å². The summed E-state index contributed by atoms with van der Waals surface area (Å²) in [6.07, 6.45) is 3.30. The lowest BCUT2D eigenvalue weighted by Gasteiger charge is -2.26. The number of primary amides is 1. The Morgan fingerprint density at radius 2 is 1.92 bits per heavy atom. The lowest BCUT2D eigenvalue weighted by molar-refractivity contribution is -0.123. The summed E-state index contributed by atoms with van der Waals surface area (Å²) in [4.78, 5) is 42.9. The van der Waals surface area contributed by atoms with Crippen LogP contribution in [0.4, 0.5) is 10.5 Å². The first kappa shape index (κ1) is 16.4. The van der Waals surface area contributed by atoms with Gasteiger partial charge in [-0.1, -0.05) is 6.07 Å². The number of nitrogens with two attached hydrogens (primary N) is 1. The second-order valence-electron chi connectivity index (χ2n) is 5.76. The molecule has 1 aliphatic carbocycles. The number of amides is 3. The van der Waals surface area contributed by atoms with Crippen LogP contribution in [0.25, 0.3) is 0 Å². The minimum atomic E-state index is -1.29. The molecule has 3 amide bonds. The number of aromatic nitrogens is 2. The van der Waals surface area contributed by atoms with E-state index < -0.39 is 23.4 Å². The van der Waals surface area contributed by atoms with Crippen LogP contribution in [-0.4, -0.2) is 38.5 Å². The van der Waals surface area contributed by atoms with Crippen molar-refractivity contribution in [3.05, 3.63) is 53.6 Å². The summed E-state index contributed by atoms with van der Waals surface area (Å²) in [7, 11) is 0. The number of carbonyl (C=O) groups is 3. The Bertz CT molecular complexity index is 855. The summed E-state index contributed by atoms with van der Waals surface area (Å²) in [5.74, 6) is -1.22. The van der Waals surface area contributed by atoms with Crippen LogP contribution in [0.1, 0.15) is 21.6 Å². The Balaban J connectivity index is 1.86. The SMILES string of the molecule is NC(=O)C1(NC(=O)c2cnccn2)Cc2ccc(NC(=O)O)cc2C1. The molecule has 0 spiro atoms. The molecule has 1 aromatic carbocycles. The molecule has 9 nitrogen and oxygen atoms in total. The van der Waals surface area contributed by atoms with Crippen molar-refractivity contribution in [1.82, 2.24) is 15.3 Å². The highest BCUT2D eigenvalue weighted by molar-refractivity contribution is 5.98. The number of hydrogen-bond acceptors (Lipinski definition) is 5. The van der Waals surface area contributed by atoms with Crippen molar-refractivity contribution in [2.24, 2.45) is 5.73 Å². The van der Waals surface area contributed by atoms with Crippen LogP contribution in [0.15, 0.2) is 36.8 Å². The molecule has 0 bridgehead atoms. The van der Waals surface area contributed by atoms with E-state index >= 15 is 0 Å². The van der Waals surface area contributed by atoms with E-state index in [1.807, 2.05) is 0 Å². The quantitative estimate of drug-likeness (QED) is 0.629. The van der Waals surface area contributed by atoms with Gasteiger partial charge >= 0.3 is 6.09 Å². The number of carbonyl (C=O) groups excluding carboxylic acids is 2. The van der Waals surface area contributed by atoms with Crippen molar-refractivity contribution in [1.29, 1.82) is 0 Å². The summed E-state index contributed by atoms with van der Waals surface area (Å²) in [5, 5.41) is 13.7. The molecular weight excluding hydrogens is 326 g/mol. The zero-order valence-corrected chi connectivity index (χ0v) is 13.0. The van der Waals surface area contributed by atoms with E-state index in [0.29, 0.717) is 5.69 Å². The fourth-order valence-electron chi connectivity index (χ4n) is 2.90. The van der Waals surface area contributed by atoms with Crippen molar-refractivity contribution in [3.8, 4) is 0 Å². The molecule has 0 saturated heterocycles. The van der Waals surface area contributed by atoms with Gasteiger partial charge in [0.1, 0.15) is 11.2 Å². The maximum Gasteiger partial charge on any atom is 0.409 e. The number of fused-ring (bicyclic) bond motifs is 1. The van der Waals surface area contributed by atoms with Crippen LogP contribution in [0.5, 0.6) is 0 Å². The predicted molar refractivity (Wildman–Crippen MR) is 86.9 cm³/mol. The normalized spacial score (nSPS) is 18.2. The Morgan fingerprint density at radius 1 is 1.16 bits per heavy atom. The summed E-state index contributed by atoms with van der Waals surface area (Å²) < 4.78 is 0. The number of carboxylic acid groups (broad SMARTS) is 1. The van der Waals surface area contributed by atoms with E-state index in [1.54, 1.807) is 18.2 Å². The first-order valence-corrected chi connectivity index (χ1v) is 7.40. The van der Waals surface area contributed by atoms with Crippen LogP contribution < -0.4 is 16.4 Å². The van der Waals surface area contributed by atoms with Gasteiger partial charge in [0.2, 0.25) is 5.91 Å². The minimum absolute atomic E-state index is 0.0762. The van der Waals surface area contributed by atoms with Crippen molar-refractivity contribution < 1.29 is 19.5 Å². The van der Waals surface area contributed by atoms with Crippen LogP contribution in [0.2, 0.25) is 0 Å². The molecule has 0 aliphatic heterocycles. The molecule has 0 saturated carbocycles. The summed E-state index contributed by atoms with van der Waals surface area (Å²) in [6, 6.07) is 4.93. The molecule has 5 N–H and O–H groups in total. The number of benzene rings is 1. The molecule has 25 heavy (non-hydrogen) atoms. The Kier molecular flexibility index (Phi) is 4.05. The molecule has 1 heterocycles. The lowest BCUT2D eigenvalue weighted by atomic mass is 9.94. The number of anilines is 1. The summed E-state index contributed by atoms with van der Waals surface area (Å²) in [5.41, 5.74) is 6.28. The van der Waals surface area contributed by atoms with Gasteiger partial charge in [-0.25, -0.2) is 9.78 Å². The number of nitrogens with one attached hydrogen (secondary N) is 2. The van der Waals surface area contributed by atoms with Crippen molar-refractivity contribution in [2.45, 2.75) is 18.4 Å². The third-order valence-electron chi connectivity index (χ3n) is 4.06. The van der Waals surface area contributed by atoms with Crippen LogP contribution >= 0.6 is 0 Å². The average molecular weight is 341 g/mol. The zero-order chi connectivity index (χ0) is 18.0. The molecule has 1 aliphatic rings. The molecule has 9 heteroatoms. The Hall–Kier alpha value is -3.49. The maximum atomic E-state index is 12.4. The van der Waals surface area contributed by atoms with Gasteiger partial charge in [0.15, 0.2) is 0 Å². The fourth-order valence-corrected chi connectivity index (χ4v) is 2.90. The monoisotopic (exact) mass is 341 g/mol. The van der Waals surface area contributed by atoms with Crippen molar-refractivity contribution in [3.63, 3.8) is 0 Å². The highest BCUT2D eigenvalue weighted by Crippen LogP contribution is 2.32. The van der Waals surface area contributed by atoms with Gasteiger partial charge in [-0.2, -0.15) is 0 Å². The fraction of sp³-hybridized carbons (Fsp3) is 0.188. The van der Waals surface area contributed by atoms with Gasteiger partial charge in [0, 0.05) is 30.9 Å². The summed E-state index contributed by atoms with van der Waals surface area (Å²) in [6.45, 7) is 0. The van der Waals surface area contributed by atoms with Gasteiger partial charge < -0.3 is 16.2 Å². The Labute approximate surface area is 142 Å². The predicted octanol–water partition coefficient (Wildman–Crippen LogP) is 0.319. The molecule has 1 unspecified atom stereocenters. The second kappa shape index (κ2) is 6.19. The Morgan fingerprint density at radius 3 is 2.56 bits per heavy atom. The first-order chi connectivity index (χ1) is 11.9. The molecule has 128 valence electrons. The highest BCUT2D eigenvalue weighted by atomic mass is 16.4. The van der Waals surface area contributed by atoms with E-state index in [4.69, 9.17) is 10.8 Å². The molecule has 0 radical (unpaired) electrons. The van der Waals surface area contributed by atoms with Gasteiger partial charge in [-0.3, -0.25) is 19.9 Å². The largest absolute Gasteiger partial charge is 0.465 e. The van der Waals surface area contributed by atoms with Gasteiger partial charge in [0.05, 0.1) is 6.20 Å². The van der Waals surface area contributed by atoms with Gasteiger partial charge in [-0.05, 0) is 23.3 Å². The lowest BCUT2D eigenvalue weighted by Crippen LogP contribution is -2.58. The maximum absolute atomic E-state index is 12.4. The number of nitrogens with zero attached hydrogens (tertiary/aromatic N) is 2. The zero-order valence-electron chi connectivity index (χ0n) is 13.0. The molecule has 1 atom stereocenters. The van der Waals surface area contributed by atoms with Crippen LogP contribution in [-0.2, 0) is 17.6 Å². The van der Waals surface area contributed by atoms with E-state index in [0.717, 1.165) is 11.1 Å². The highest BCUT2D eigenvalue weighted by Gasteiger charge is 2.44.